The lowest BCUT2D eigenvalue weighted by atomic mass is 10.2. The second kappa shape index (κ2) is 4.81. The molecule has 0 unspecified atom stereocenters. The van der Waals surface area contributed by atoms with E-state index in [1.807, 2.05) is 0 Å². The zero-order chi connectivity index (χ0) is 14.0. The van der Waals surface area contributed by atoms with Crippen molar-refractivity contribution in [1.29, 1.82) is 0 Å². The molecule has 0 aliphatic carbocycles. The van der Waals surface area contributed by atoms with Crippen molar-refractivity contribution in [3.8, 4) is 5.75 Å². The van der Waals surface area contributed by atoms with E-state index in [9.17, 15) is 20.0 Å². The van der Waals surface area contributed by atoms with Gasteiger partial charge in [0, 0.05) is 11.8 Å². The number of rotatable bonds is 3. The van der Waals surface area contributed by atoms with E-state index in [1.165, 1.54) is 12.1 Å². The molecular formula is C12H10N2O5. The van der Waals surface area contributed by atoms with Crippen LogP contribution in [0.2, 0.25) is 0 Å². The van der Waals surface area contributed by atoms with Gasteiger partial charge in [0.15, 0.2) is 5.76 Å². The van der Waals surface area contributed by atoms with Gasteiger partial charge in [-0.2, -0.15) is 0 Å². The van der Waals surface area contributed by atoms with Crippen molar-refractivity contribution in [2.45, 2.75) is 6.92 Å². The first-order valence-corrected chi connectivity index (χ1v) is 5.32. The lowest BCUT2D eigenvalue weighted by molar-refractivity contribution is -0.402. The molecule has 2 rings (SSSR count). The van der Waals surface area contributed by atoms with Crippen molar-refractivity contribution in [2.75, 3.05) is 5.32 Å². The number of hydrogen-bond donors (Lipinski definition) is 2. The molecule has 0 atom stereocenters. The van der Waals surface area contributed by atoms with E-state index < -0.39 is 16.7 Å². The Balaban J connectivity index is 2.15. The van der Waals surface area contributed by atoms with Gasteiger partial charge in [-0.05, 0) is 24.6 Å². The molecular weight excluding hydrogens is 252 g/mol. The molecule has 1 amide bonds. The van der Waals surface area contributed by atoms with Gasteiger partial charge in [-0.25, -0.2) is 0 Å². The van der Waals surface area contributed by atoms with Crippen molar-refractivity contribution in [3.63, 3.8) is 0 Å². The number of aromatic hydroxyl groups is 1. The summed E-state index contributed by atoms with van der Waals surface area (Å²) in [4.78, 5) is 21.4. The third kappa shape index (κ3) is 2.71. The topological polar surface area (TPSA) is 106 Å². The second-order valence-corrected chi connectivity index (χ2v) is 3.85. The van der Waals surface area contributed by atoms with E-state index in [-0.39, 0.29) is 11.5 Å². The van der Waals surface area contributed by atoms with Gasteiger partial charge >= 0.3 is 5.88 Å². The van der Waals surface area contributed by atoms with Crippen molar-refractivity contribution >= 4 is 17.5 Å². The summed E-state index contributed by atoms with van der Waals surface area (Å²) in [5, 5.41) is 22.4. The molecule has 0 aliphatic heterocycles. The Labute approximate surface area is 107 Å². The van der Waals surface area contributed by atoms with Crippen LogP contribution in [0, 0.1) is 17.0 Å². The number of nitrogens with zero attached hydrogens (tertiary/aromatic N) is 1. The lowest BCUT2D eigenvalue weighted by Gasteiger charge is -2.05. The van der Waals surface area contributed by atoms with Crippen LogP contribution in [-0.4, -0.2) is 15.9 Å². The van der Waals surface area contributed by atoms with Gasteiger partial charge in [-0.15, -0.1) is 0 Å². The number of carbonyl (C=O) groups is 1. The van der Waals surface area contributed by atoms with Crippen molar-refractivity contribution in [3.05, 3.63) is 51.8 Å². The molecule has 2 aromatic rings. The molecule has 1 aromatic heterocycles. The van der Waals surface area contributed by atoms with Gasteiger partial charge in [0.25, 0.3) is 5.91 Å². The molecule has 0 fully saturated rings. The Morgan fingerprint density at radius 2 is 2.11 bits per heavy atom. The minimum Gasteiger partial charge on any atom is -0.508 e. The monoisotopic (exact) mass is 262 g/mol. The molecule has 0 bridgehead atoms. The zero-order valence-corrected chi connectivity index (χ0v) is 9.91. The van der Waals surface area contributed by atoms with Gasteiger partial charge in [0.05, 0.1) is 6.07 Å². The maximum Gasteiger partial charge on any atom is 0.433 e. The molecule has 7 heteroatoms. The highest BCUT2D eigenvalue weighted by Gasteiger charge is 2.17. The molecule has 2 N–H and O–H groups in total. The predicted octanol–water partition coefficient (Wildman–Crippen LogP) is 2.45. The zero-order valence-electron chi connectivity index (χ0n) is 9.91. The summed E-state index contributed by atoms with van der Waals surface area (Å²) in [5.41, 5.74) is 1.04. The summed E-state index contributed by atoms with van der Waals surface area (Å²) in [6.07, 6.45) is 0. The highest BCUT2D eigenvalue weighted by Crippen LogP contribution is 2.22. The molecule has 1 heterocycles. The lowest BCUT2D eigenvalue weighted by Crippen LogP contribution is -2.10. The molecule has 19 heavy (non-hydrogen) atoms. The molecule has 0 spiro atoms. The number of aryl methyl sites for hydroxylation is 1. The summed E-state index contributed by atoms with van der Waals surface area (Å²) in [6.45, 7) is 1.72. The number of nitrogens with one attached hydrogen (secondary N) is 1. The number of phenolic OH excluding ortho intramolecular Hbond substituents is 1. The number of carbonyl (C=O) groups excluding carboxylic acids is 1. The molecule has 98 valence electrons. The first-order chi connectivity index (χ1) is 8.97. The number of phenols is 1. The van der Waals surface area contributed by atoms with Crippen molar-refractivity contribution in [2.24, 2.45) is 0 Å². The van der Waals surface area contributed by atoms with E-state index in [4.69, 9.17) is 4.42 Å². The highest BCUT2D eigenvalue weighted by atomic mass is 16.6. The Kier molecular flexibility index (Phi) is 3.19. The summed E-state index contributed by atoms with van der Waals surface area (Å²) in [6, 6.07) is 6.92. The molecule has 0 saturated carbocycles. The van der Waals surface area contributed by atoms with Crippen LogP contribution in [0.15, 0.2) is 34.7 Å². The van der Waals surface area contributed by atoms with Gasteiger partial charge in [-0.3, -0.25) is 14.9 Å². The average Bonchev–Trinajstić information content (AvgIpc) is 2.83. The van der Waals surface area contributed by atoms with E-state index in [2.05, 4.69) is 5.32 Å². The molecule has 0 aliphatic rings. The predicted molar refractivity (Wildman–Crippen MR) is 66.2 cm³/mol. The van der Waals surface area contributed by atoms with Crippen LogP contribution in [0.5, 0.6) is 5.75 Å². The Bertz CT molecular complexity index is 647. The van der Waals surface area contributed by atoms with Crippen LogP contribution in [0.1, 0.15) is 16.1 Å². The van der Waals surface area contributed by atoms with Gasteiger partial charge in [-0.1, -0.05) is 6.07 Å². The minimum absolute atomic E-state index is 0.0447. The first-order valence-electron chi connectivity index (χ1n) is 5.32. The SMILES string of the molecule is Cc1ccc(NC(=O)c2ccc([N+](=O)[O-])o2)cc1O. The maximum atomic E-state index is 11.7. The number of benzene rings is 1. The fraction of sp³-hybridized carbons (Fsp3) is 0.0833. The average molecular weight is 262 g/mol. The molecule has 0 radical (unpaired) electrons. The Morgan fingerprint density at radius 3 is 2.68 bits per heavy atom. The summed E-state index contributed by atoms with van der Waals surface area (Å²) in [5.74, 6) is -1.26. The van der Waals surface area contributed by atoms with Crippen LogP contribution in [-0.2, 0) is 0 Å². The number of furan rings is 1. The third-order valence-corrected chi connectivity index (χ3v) is 2.46. The van der Waals surface area contributed by atoms with Crippen LogP contribution in [0.4, 0.5) is 11.6 Å². The maximum absolute atomic E-state index is 11.7. The van der Waals surface area contributed by atoms with Crippen LogP contribution in [0.25, 0.3) is 0 Å². The molecule has 7 nitrogen and oxygen atoms in total. The number of amides is 1. The van der Waals surface area contributed by atoms with Crippen molar-refractivity contribution < 1.29 is 19.2 Å². The summed E-state index contributed by atoms with van der Waals surface area (Å²) >= 11 is 0. The fourth-order valence-corrected chi connectivity index (χ4v) is 1.43. The Morgan fingerprint density at radius 1 is 1.37 bits per heavy atom. The van der Waals surface area contributed by atoms with E-state index in [1.54, 1.807) is 19.1 Å². The normalized spacial score (nSPS) is 10.2. The van der Waals surface area contributed by atoms with E-state index in [0.717, 1.165) is 6.07 Å². The van der Waals surface area contributed by atoms with Gasteiger partial charge < -0.3 is 14.8 Å². The fourth-order valence-electron chi connectivity index (χ4n) is 1.43. The number of hydrogen-bond acceptors (Lipinski definition) is 5. The van der Waals surface area contributed by atoms with Crippen molar-refractivity contribution in [1.82, 2.24) is 0 Å². The third-order valence-electron chi connectivity index (χ3n) is 2.46. The van der Waals surface area contributed by atoms with E-state index >= 15 is 0 Å². The minimum atomic E-state index is -0.728. The first kappa shape index (κ1) is 12.6. The van der Waals surface area contributed by atoms with Crippen LogP contribution in [0.3, 0.4) is 0 Å². The smallest absolute Gasteiger partial charge is 0.433 e. The second-order valence-electron chi connectivity index (χ2n) is 3.85. The number of anilines is 1. The van der Waals surface area contributed by atoms with E-state index in [0.29, 0.717) is 11.3 Å². The quantitative estimate of drug-likeness (QED) is 0.652. The molecule has 1 aromatic carbocycles. The summed E-state index contributed by atoms with van der Waals surface area (Å²) in [7, 11) is 0. The summed E-state index contributed by atoms with van der Waals surface area (Å²) < 4.78 is 4.76. The largest absolute Gasteiger partial charge is 0.508 e. The Hall–Kier alpha value is -2.83. The van der Waals surface area contributed by atoms with Gasteiger partial charge in [0.2, 0.25) is 0 Å². The molecule has 0 saturated heterocycles. The van der Waals surface area contributed by atoms with Crippen LogP contribution < -0.4 is 5.32 Å². The highest BCUT2D eigenvalue weighted by molar-refractivity contribution is 6.02. The van der Waals surface area contributed by atoms with Crippen LogP contribution >= 0.6 is 0 Å². The standard InChI is InChI=1S/C12H10N2O5/c1-7-2-3-8(6-9(7)15)13-12(16)10-4-5-11(19-10)14(17)18/h2-6,15H,1H3,(H,13,16). The van der Waals surface area contributed by atoms with Gasteiger partial charge in [0.1, 0.15) is 10.7 Å². The number of nitro groups is 1.